The highest BCUT2D eigenvalue weighted by Gasteiger charge is 2.23. The molecule has 0 aliphatic carbocycles. The smallest absolute Gasteiger partial charge is 0.0569 e. The maximum Gasteiger partial charge on any atom is 0.0569 e. The average Bonchev–Trinajstić information content (AvgIpc) is 2.88. The number of nitrogens with one attached hydrogen (secondary N) is 1. The lowest BCUT2D eigenvalue weighted by Crippen LogP contribution is -2.05. The molecule has 1 unspecified atom stereocenters. The highest BCUT2D eigenvalue weighted by Crippen LogP contribution is 2.37. The normalized spacial score (nSPS) is 16.8. The van der Waals surface area contributed by atoms with Crippen molar-refractivity contribution in [1.82, 2.24) is 0 Å². The largest absolute Gasteiger partial charge is 0.378 e. The molecular weight excluding hydrogens is 266 g/mol. The zero-order chi connectivity index (χ0) is 13.9. The van der Waals surface area contributed by atoms with Crippen LogP contribution < -0.4 is 5.32 Å². The van der Waals surface area contributed by atoms with Crippen molar-refractivity contribution in [3.8, 4) is 0 Å². The Bertz CT molecular complexity index is 606. The van der Waals surface area contributed by atoms with E-state index in [4.69, 9.17) is 11.6 Å². The molecule has 1 atom stereocenters. The van der Waals surface area contributed by atoms with E-state index in [1.54, 1.807) is 0 Å². The highest BCUT2D eigenvalue weighted by molar-refractivity contribution is 6.31. The maximum absolute atomic E-state index is 6.31. The second kappa shape index (κ2) is 5.88. The molecule has 0 radical (unpaired) electrons. The molecule has 0 spiro atoms. The Kier molecular flexibility index (Phi) is 3.98. The van der Waals surface area contributed by atoms with Crippen LogP contribution in [0.1, 0.15) is 42.5 Å². The summed E-state index contributed by atoms with van der Waals surface area (Å²) in [6.45, 7) is 2.24. The topological polar surface area (TPSA) is 12.0 Å². The minimum absolute atomic E-state index is 0.306. The zero-order valence-electron chi connectivity index (χ0n) is 11.8. The van der Waals surface area contributed by atoms with Crippen LogP contribution in [-0.4, -0.2) is 0 Å². The van der Waals surface area contributed by atoms with Crippen molar-refractivity contribution in [2.75, 3.05) is 5.32 Å². The Balaban J connectivity index is 1.80. The summed E-state index contributed by atoms with van der Waals surface area (Å²) in [7, 11) is 0. The second-order valence-electron chi connectivity index (χ2n) is 5.52. The number of unbranched alkanes of at least 4 members (excludes halogenated alkanes) is 1. The van der Waals surface area contributed by atoms with Crippen LogP contribution in [0.3, 0.4) is 0 Å². The summed E-state index contributed by atoms with van der Waals surface area (Å²) >= 11 is 6.31. The van der Waals surface area contributed by atoms with E-state index in [2.05, 4.69) is 42.6 Å². The lowest BCUT2D eigenvalue weighted by Gasteiger charge is -2.13. The zero-order valence-corrected chi connectivity index (χ0v) is 12.6. The van der Waals surface area contributed by atoms with Gasteiger partial charge in [-0.2, -0.15) is 0 Å². The minimum atomic E-state index is 0.306. The van der Waals surface area contributed by atoms with Crippen LogP contribution >= 0.6 is 11.6 Å². The third kappa shape index (κ3) is 2.69. The fraction of sp³-hybridized carbons (Fsp3) is 0.333. The molecule has 1 heterocycles. The number of hydrogen-bond acceptors (Lipinski definition) is 1. The molecule has 2 aromatic carbocycles. The molecule has 0 fully saturated rings. The van der Waals surface area contributed by atoms with Crippen molar-refractivity contribution in [2.24, 2.45) is 0 Å². The number of benzene rings is 2. The van der Waals surface area contributed by atoms with Gasteiger partial charge in [-0.3, -0.25) is 0 Å². The van der Waals surface area contributed by atoms with Gasteiger partial charge in [0.05, 0.1) is 6.04 Å². The Labute approximate surface area is 126 Å². The molecule has 0 saturated heterocycles. The number of fused-ring (bicyclic) bond motifs is 1. The van der Waals surface area contributed by atoms with Gasteiger partial charge in [0.25, 0.3) is 0 Å². The first-order valence-corrected chi connectivity index (χ1v) is 7.78. The number of rotatable bonds is 4. The van der Waals surface area contributed by atoms with E-state index < -0.39 is 0 Å². The summed E-state index contributed by atoms with van der Waals surface area (Å²) in [5, 5.41) is 4.44. The van der Waals surface area contributed by atoms with Crippen molar-refractivity contribution in [3.63, 3.8) is 0 Å². The van der Waals surface area contributed by atoms with E-state index >= 15 is 0 Å². The van der Waals surface area contributed by atoms with Crippen molar-refractivity contribution in [3.05, 3.63) is 64.2 Å². The summed E-state index contributed by atoms with van der Waals surface area (Å²) in [6, 6.07) is 15.2. The van der Waals surface area contributed by atoms with Crippen molar-refractivity contribution in [2.45, 2.75) is 38.6 Å². The first-order chi connectivity index (χ1) is 9.78. The maximum atomic E-state index is 6.31. The molecule has 0 saturated carbocycles. The SMILES string of the molecule is CCCCc1ccc2c(c1)CC(c1ccccc1Cl)N2. The highest BCUT2D eigenvalue weighted by atomic mass is 35.5. The molecule has 104 valence electrons. The molecule has 2 heteroatoms. The predicted molar refractivity (Wildman–Crippen MR) is 86.6 cm³/mol. The van der Waals surface area contributed by atoms with Crippen molar-refractivity contribution in [1.29, 1.82) is 0 Å². The minimum Gasteiger partial charge on any atom is -0.378 e. The van der Waals surface area contributed by atoms with Crippen LogP contribution in [-0.2, 0) is 12.8 Å². The lowest BCUT2D eigenvalue weighted by atomic mass is 10.00. The summed E-state index contributed by atoms with van der Waals surface area (Å²) in [5.41, 5.74) is 5.33. The van der Waals surface area contributed by atoms with Crippen LogP contribution in [0, 0.1) is 0 Å². The fourth-order valence-electron chi connectivity index (χ4n) is 2.90. The fourth-order valence-corrected chi connectivity index (χ4v) is 3.16. The van der Waals surface area contributed by atoms with E-state index in [1.807, 2.05) is 12.1 Å². The Hall–Kier alpha value is -1.47. The predicted octanol–water partition coefficient (Wildman–Crippen LogP) is 5.39. The lowest BCUT2D eigenvalue weighted by molar-refractivity contribution is 0.792. The molecule has 1 aliphatic rings. The van der Waals surface area contributed by atoms with Crippen LogP contribution in [0.15, 0.2) is 42.5 Å². The van der Waals surface area contributed by atoms with Gasteiger partial charge in [0.1, 0.15) is 0 Å². The molecule has 1 aliphatic heterocycles. The molecule has 2 aromatic rings. The van der Waals surface area contributed by atoms with Crippen LogP contribution in [0.25, 0.3) is 0 Å². The summed E-state index contributed by atoms with van der Waals surface area (Å²) < 4.78 is 0. The summed E-state index contributed by atoms with van der Waals surface area (Å²) in [4.78, 5) is 0. The number of halogens is 1. The Morgan fingerprint density at radius 1 is 1.20 bits per heavy atom. The first-order valence-electron chi connectivity index (χ1n) is 7.40. The number of aryl methyl sites for hydroxylation is 1. The van der Waals surface area contributed by atoms with E-state index in [0.717, 1.165) is 11.4 Å². The quantitative estimate of drug-likeness (QED) is 0.794. The first kappa shape index (κ1) is 13.5. The third-order valence-corrected chi connectivity index (χ3v) is 4.37. The second-order valence-corrected chi connectivity index (χ2v) is 5.92. The molecule has 1 N–H and O–H groups in total. The van der Waals surface area contributed by atoms with Gasteiger partial charge in [-0.05, 0) is 48.1 Å². The van der Waals surface area contributed by atoms with E-state index in [9.17, 15) is 0 Å². The Morgan fingerprint density at radius 3 is 2.85 bits per heavy atom. The summed E-state index contributed by atoms with van der Waals surface area (Å²) in [5.74, 6) is 0. The number of anilines is 1. The van der Waals surface area contributed by atoms with E-state index in [1.165, 1.54) is 41.6 Å². The molecular formula is C18H20ClN. The van der Waals surface area contributed by atoms with Crippen LogP contribution in [0.5, 0.6) is 0 Å². The standard InChI is InChI=1S/C18H20ClN/c1-2-3-6-13-9-10-17-14(11-13)12-18(20-17)15-7-4-5-8-16(15)19/h4-5,7-11,18,20H,2-3,6,12H2,1H3. The van der Waals surface area contributed by atoms with Gasteiger partial charge in [-0.1, -0.05) is 55.3 Å². The third-order valence-electron chi connectivity index (χ3n) is 4.02. The number of hydrogen-bond donors (Lipinski definition) is 1. The van der Waals surface area contributed by atoms with Gasteiger partial charge in [-0.25, -0.2) is 0 Å². The van der Waals surface area contributed by atoms with Crippen molar-refractivity contribution < 1.29 is 0 Å². The van der Waals surface area contributed by atoms with Gasteiger partial charge in [-0.15, -0.1) is 0 Å². The molecule has 1 nitrogen and oxygen atoms in total. The molecule has 3 rings (SSSR count). The molecule has 0 amide bonds. The van der Waals surface area contributed by atoms with Crippen molar-refractivity contribution >= 4 is 17.3 Å². The molecule has 0 aromatic heterocycles. The van der Waals surface area contributed by atoms with Gasteiger partial charge < -0.3 is 5.32 Å². The van der Waals surface area contributed by atoms with Crippen LogP contribution in [0.2, 0.25) is 5.02 Å². The average molecular weight is 286 g/mol. The van der Waals surface area contributed by atoms with Gasteiger partial charge in [0, 0.05) is 10.7 Å². The summed E-state index contributed by atoms with van der Waals surface area (Å²) in [6.07, 6.45) is 4.72. The molecule has 0 bridgehead atoms. The van der Waals surface area contributed by atoms with Gasteiger partial charge in [0.15, 0.2) is 0 Å². The van der Waals surface area contributed by atoms with Crippen LogP contribution in [0.4, 0.5) is 5.69 Å². The monoisotopic (exact) mass is 285 g/mol. The van der Waals surface area contributed by atoms with Gasteiger partial charge in [0.2, 0.25) is 0 Å². The van der Waals surface area contributed by atoms with Gasteiger partial charge >= 0.3 is 0 Å². The Morgan fingerprint density at radius 2 is 2.05 bits per heavy atom. The molecule has 20 heavy (non-hydrogen) atoms. The van der Waals surface area contributed by atoms with E-state index in [0.29, 0.717) is 6.04 Å². The van der Waals surface area contributed by atoms with E-state index in [-0.39, 0.29) is 0 Å².